The second-order valence-electron chi connectivity index (χ2n) is 4.14. The highest BCUT2D eigenvalue weighted by molar-refractivity contribution is 7.80. The third-order valence-electron chi connectivity index (χ3n) is 2.64. The molecular weight excluding hydrogens is 242 g/mol. The van der Waals surface area contributed by atoms with Crippen LogP contribution in [-0.4, -0.2) is 9.97 Å². The van der Waals surface area contributed by atoms with E-state index in [9.17, 15) is 0 Å². The molecule has 2 rings (SSSR count). The summed E-state index contributed by atoms with van der Waals surface area (Å²) in [6.07, 6.45) is 1.68. The van der Waals surface area contributed by atoms with Gasteiger partial charge in [0.05, 0.1) is 0 Å². The van der Waals surface area contributed by atoms with Crippen molar-refractivity contribution in [2.45, 2.75) is 13.5 Å². The highest BCUT2D eigenvalue weighted by Crippen LogP contribution is 2.08. The lowest BCUT2D eigenvalue weighted by atomic mass is 10.1. The number of benzene rings is 1. The third kappa shape index (κ3) is 3.28. The van der Waals surface area contributed by atoms with Gasteiger partial charge in [-0.2, -0.15) is 0 Å². The molecule has 18 heavy (non-hydrogen) atoms. The first-order chi connectivity index (χ1) is 8.65. The maximum atomic E-state index is 5.51. The average molecular weight is 257 g/mol. The third-order valence-corrected chi connectivity index (χ3v) is 2.88. The Balaban J connectivity index is 1.97. The van der Waals surface area contributed by atoms with Crippen molar-refractivity contribution < 1.29 is 0 Å². The Morgan fingerprint density at radius 1 is 1.22 bits per heavy atom. The molecule has 92 valence electrons. The van der Waals surface area contributed by atoms with Crippen molar-refractivity contribution in [2.75, 3.05) is 5.32 Å². The van der Waals surface area contributed by atoms with Crippen LogP contribution >= 0.6 is 12.2 Å². The Morgan fingerprint density at radius 3 is 2.50 bits per heavy atom. The fourth-order valence-electron chi connectivity index (χ4n) is 1.54. The minimum atomic E-state index is 0.368. The second-order valence-corrected chi connectivity index (χ2v) is 4.58. The highest BCUT2D eigenvalue weighted by Gasteiger charge is 1.98. The fraction of sp³-hybridized carbons (Fsp3) is 0.143. The Bertz CT molecular complexity index is 532. The van der Waals surface area contributed by atoms with E-state index in [2.05, 4.69) is 41.5 Å². The van der Waals surface area contributed by atoms with Crippen LogP contribution in [0.15, 0.2) is 42.6 Å². The number of aromatic nitrogens is 1. The number of nitrogens with zero attached hydrogens (tertiary/aromatic N) is 1. The van der Waals surface area contributed by atoms with Gasteiger partial charge in [-0.05, 0) is 24.6 Å². The minimum Gasteiger partial charge on any atom is -0.389 e. The number of aryl methyl sites for hydroxylation is 1. The van der Waals surface area contributed by atoms with E-state index in [1.54, 1.807) is 6.20 Å². The van der Waals surface area contributed by atoms with Gasteiger partial charge in [0, 0.05) is 18.3 Å². The molecule has 0 fully saturated rings. The zero-order chi connectivity index (χ0) is 13.0. The van der Waals surface area contributed by atoms with Gasteiger partial charge >= 0.3 is 0 Å². The van der Waals surface area contributed by atoms with Gasteiger partial charge in [-0.25, -0.2) is 4.98 Å². The number of rotatable bonds is 4. The first-order valence-corrected chi connectivity index (χ1v) is 6.11. The monoisotopic (exact) mass is 257 g/mol. The zero-order valence-corrected chi connectivity index (χ0v) is 11.0. The van der Waals surface area contributed by atoms with E-state index in [0.717, 1.165) is 17.9 Å². The molecule has 4 heteroatoms. The number of thiocarbonyl (C=S) groups is 1. The molecule has 0 radical (unpaired) electrons. The molecule has 1 aromatic carbocycles. The van der Waals surface area contributed by atoms with Crippen molar-refractivity contribution in [2.24, 2.45) is 5.73 Å². The van der Waals surface area contributed by atoms with Crippen molar-refractivity contribution in [3.05, 3.63) is 59.3 Å². The molecule has 0 spiro atoms. The zero-order valence-electron chi connectivity index (χ0n) is 10.2. The minimum absolute atomic E-state index is 0.368. The summed E-state index contributed by atoms with van der Waals surface area (Å²) in [5.74, 6) is 0.815. The summed E-state index contributed by atoms with van der Waals surface area (Å²) >= 11 is 4.88. The molecule has 0 unspecified atom stereocenters. The van der Waals surface area contributed by atoms with E-state index in [1.165, 1.54) is 11.1 Å². The van der Waals surface area contributed by atoms with E-state index in [0.29, 0.717) is 4.99 Å². The van der Waals surface area contributed by atoms with Gasteiger partial charge in [-0.15, -0.1) is 0 Å². The summed E-state index contributed by atoms with van der Waals surface area (Å²) in [5.41, 5.74) is 8.78. The number of nitrogens with one attached hydrogen (secondary N) is 1. The van der Waals surface area contributed by atoms with E-state index in [1.807, 2.05) is 12.1 Å². The molecule has 0 atom stereocenters. The summed E-state index contributed by atoms with van der Waals surface area (Å²) in [6, 6.07) is 12.1. The van der Waals surface area contributed by atoms with E-state index < -0.39 is 0 Å². The first-order valence-electron chi connectivity index (χ1n) is 5.70. The Kier molecular flexibility index (Phi) is 3.89. The summed E-state index contributed by atoms with van der Waals surface area (Å²) in [6.45, 7) is 2.83. The molecule has 1 heterocycles. The van der Waals surface area contributed by atoms with Crippen molar-refractivity contribution in [3.63, 3.8) is 0 Å². The largest absolute Gasteiger partial charge is 0.389 e. The number of hydrogen-bond acceptors (Lipinski definition) is 3. The maximum Gasteiger partial charge on any atom is 0.126 e. The summed E-state index contributed by atoms with van der Waals surface area (Å²) in [4.78, 5) is 4.62. The van der Waals surface area contributed by atoms with Gasteiger partial charge in [0.25, 0.3) is 0 Å². The topological polar surface area (TPSA) is 50.9 Å². The number of hydrogen-bond donors (Lipinski definition) is 2. The lowest BCUT2D eigenvalue weighted by molar-refractivity contribution is 1.11. The van der Waals surface area contributed by atoms with Crippen LogP contribution in [0.2, 0.25) is 0 Å². The first kappa shape index (κ1) is 12.5. The molecule has 2 aromatic rings. The summed E-state index contributed by atoms with van der Waals surface area (Å²) in [7, 11) is 0. The standard InChI is InChI=1S/C14H15N3S/c1-10-2-4-11(5-3-10)8-16-13-7-6-12(9-17-13)14(15)18/h2-7,9H,8H2,1H3,(H2,15,18)(H,16,17). The van der Waals surface area contributed by atoms with Crippen LogP contribution < -0.4 is 11.1 Å². The molecule has 0 aliphatic carbocycles. The Morgan fingerprint density at radius 2 is 1.94 bits per heavy atom. The van der Waals surface area contributed by atoms with E-state index in [4.69, 9.17) is 18.0 Å². The predicted molar refractivity (Wildman–Crippen MR) is 78.6 cm³/mol. The Hall–Kier alpha value is -1.94. The van der Waals surface area contributed by atoms with Crippen LogP contribution in [0.4, 0.5) is 5.82 Å². The van der Waals surface area contributed by atoms with Gasteiger partial charge in [0.1, 0.15) is 10.8 Å². The molecule has 0 bridgehead atoms. The quantitative estimate of drug-likeness (QED) is 0.827. The van der Waals surface area contributed by atoms with Gasteiger partial charge in [0.2, 0.25) is 0 Å². The molecule has 0 aliphatic rings. The van der Waals surface area contributed by atoms with Crippen molar-refractivity contribution in [1.29, 1.82) is 0 Å². The number of pyridine rings is 1. The van der Waals surface area contributed by atoms with Crippen molar-refractivity contribution in [3.8, 4) is 0 Å². The van der Waals surface area contributed by atoms with Crippen LogP contribution in [0.25, 0.3) is 0 Å². The molecule has 3 N–H and O–H groups in total. The van der Waals surface area contributed by atoms with Gasteiger partial charge in [0.15, 0.2) is 0 Å². The van der Waals surface area contributed by atoms with Crippen LogP contribution in [-0.2, 0) is 6.54 Å². The lowest BCUT2D eigenvalue weighted by Gasteiger charge is -2.06. The summed E-state index contributed by atoms with van der Waals surface area (Å²) in [5, 5.41) is 3.25. The van der Waals surface area contributed by atoms with Crippen LogP contribution in [0.3, 0.4) is 0 Å². The SMILES string of the molecule is Cc1ccc(CNc2ccc(C(N)=S)cn2)cc1. The van der Waals surface area contributed by atoms with E-state index in [-0.39, 0.29) is 0 Å². The molecule has 1 aromatic heterocycles. The number of nitrogens with two attached hydrogens (primary N) is 1. The average Bonchev–Trinajstić information content (AvgIpc) is 2.38. The van der Waals surface area contributed by atoms with Crippen LogP contribution in [0.5, 0.6) is 0 Å². The van der Waals surface area contributed by atoms with E-state index >= 15 is 0 Å². The highest BCUT2D eigenvalue weighted by atomic mass is 32.1. The fourth-order valence-corrected chi connectivity index (χ4v) is 1.66. The van der Waals surface area contributed by atoms with Gasteiger partial charge < -0.3 is 11.1 Å². The maximum absolute atomic E-state index is 5.51. The lowest BCUT2D eigenvalue weighted by Crippen LogP contribution is -2.10. The second kappa shape index (κ2) is 5.60. The van der Waals surface area contributed by atoms with Crippen LogP contribution in [0.1, 0.15) is 16.7 Å². The normalized spacial score (nSPS) is 10.1. The van der Waals surface area contributed by atoms with Gasteiger partial charge in [-0.3, -0.25) is 0 Å². The summed E-state index contributed by atoms with van der Waals surface area (Å²) < 4.78 is 0. The van der Waals surface area contributed by atoms with Gasteiger partial charge in [-0.1, -0.05) is 42.0 Å². The van der Waals surface area contributed by atoms with Crippen LogP contribution in [0, 0.1) is 6.92 Å². The smallest absolute Gasteiger partial charge is 0.126 e. The predicted octanol–water partition coefficient (Wildman–Crippen LogP) is 2.64. The van der Waals surface area contributed by atoms with Crippen molar-refractivity contribution >= 4 is 23.0 Å². The molecular formula is C14H15N3S. The molecule has 0 amide bonds. The molecule has 0 saturated heterocycles. The Labute approximate surface area is 112 Å². The molecule has 0 aliphatic heterocycles. The number of anilines is 1. The molecule has 0 saturated carbocycles. The van der Waals surface area contributed by atoms with Crippen molar-refractivity contribution in [1.82, 2.24) is 4.98 Å². The molecule has 3 nitrogen and oxygen atoms in total.